The smallest absolute Gasteiger partial charge is 0.241 e. The standard InChI is InChI=1S/C18H26N4O3/c19-15(12-23)17(25)21-8-5-18(6-9-21)4-3-16(24)22(13-18)11-14-2-1-7-20-10-14/h1-2,7,10,15,23H,3-6,8-9,11-13,19H2/t15-/m0/s1. The Bertz CT molecular complexity index is 614. The largest absolute Gasteiger partial charge is 0.394 e. The van der Waals surface area contributed by atoms with Crippen LogP contribution >= 0.6 is 0 Å². The number of aliphatic hydroxyl groups excluding tert-OH is 1. The van der Waals surface area contributed by atoms with Crippen LogP contribution in [0.15, 0.2) is 24.5 Å². The fraction of sp³-hybridized carbons (Fsp3) is 0.611. The SMILES string of the molecule is N[C@@H](CO)C(=O)N1CCC2(CCC(=O)N(Cc3cccnc3)C2)CC1. The molecule has 0 radical (unpaired) electrons. The number of pyridine rings is 1. The molecule has 0 aromatic carbocycles. The lowest BCUT2D eigenvalue weighted by atomic mass is 9.72. The molecule has 3 heterocycles. The third-order valence-electron chi connectivity index (χ3n) is 5.49. The maximum atomic E-state index is 12.3. The Morgan fingerprint density at radius 1 is 1.36 bits per heavy atom. The second kappa shape index (κ2) is 7.49. The summed E-state index contributed by atoms with van der Waals surface area (Å²) in [5, 5.41) is 9.06. The number of hydrogen-bond acceptors (Lipinski definition) is 5. The molecule has 136 valence electrons. The van der Waals surface area contributed by atoms with Crippen molar-refractivity contribution in [3.05, 3.63) is 30.1 Å². The van der Waals surface area contributed by atoms with E-state index < -0.39 is 6.04 Å². The van der Waals surface area contributed by atoms with Crippen LogP contribution in [0, 0.1) is 5.41 Å². The number of amides is 2. The Hall–Kier alpha value is -1.99. The fourth-order valence-corrected chi connectivity index (χ4v) is 3.88. The van der Waals surface area contributed by atoms with E-state index in [1.807, 2.05) is 17.0 Å². The molecule has 25 heavy (non-hydrogen) atoms. The Labute approximate surface area is 147 Å². The Morgan fingerprint density at radius 3 is 2.76 bits per heavy atom. The number of piperidine rings is 2. The summed E-state index contributed by atoms with van der Waals surface area (Å²) >= 11 is 0. The Morgan fingerprint density at radius 2 is 2.12 bits per heavy atom. The molecule has 1 aromatic rings. The van der Waals surface area contributed by atoms with Gasteiger partial charge in [0.15, 0.2) is 0 Å². The van der Waals surface area contributed by atoms with Crippen molar-refractivity contribution < 1.29 is 14.7 Å². The molecule has 0 unspecified atom stereocenters. The van der Waals surface area contributed by atoms with Crippen molar-refractivity contribution in [3.63, 3.8) is 0 Å². The fourth-order valence-electron chi connectivity index (χ4n) is 3.88. The third kappa shape index (κ3) is 3.99. The van der Waals surface area contributed by atoms with E-state index in [-0.39, 0.29) is 23.8 Å². The summed E-state index contributed by atoms with van der Waals surface area (Å²) < 4.78 is 0. The number of aliphatic hydroxyl groups is 1. The topological polar surface area (TPSA) is 99.8 Å². The van der Waals surface area contributed by atoms with Gasteiger partial charge in [0, 0.05) is 45.0 Å². The van der Waals surface area contributed by atoms with Gasteiger partial charge in [-0.25, -0.2) is 0 Å². The van der Waals surface area contributed by atoms with Gasteiger partial charge in [0.2, 0.25) is 11.8 Å². The molecule has 3 N–H and O–H groups in total. The van der Waals surface area contributed by atoms with Gasteiger partial charge in [-0.1, -0.05) is 6.07 Å². The van der Waals surface area contributed by atoms with Gasteiger partial charge in [0.25, 0.3) is 0 Å². The van der Waals surface area contributed by atoms with E-state index in [1.54, 1.807) is 17.3 Å². The maximum Gasteiger partial charge on any atom is 0.241 e. The monoisotopic (exact) mass is 346 g/mol. The molecule has 1 atom stereocenters. The van der Waals surface area contributed by atoms with Gasteiger partial charge in [0.1, 0.15) is 6.04 Å². The van der Waals surface area contributed by atoms with E-state index in [2.05, 4.69) is 4.98 Å². The van der Waals surface area contributed by atoms with Crippen molar-refractivity contribution in [2.75, 3.05) is 26.2 Å². The normalized spacial score (nSPS) is 21.4. The van der Waals surface area contributed by atoms with Crippen LogP contribution in [0.1, 0.15) is 31.2 Å². The highest BCUT2D eigenvalue weighted by Gasteiger charge is 2.42. The van der Waals surface area contributed by atoms with Crippen LogP contribution in [-0.4, -0.2) is 64.0 Å². The van der Waals surface area contributed by atoms with E-state index in [9.17, 15) is 9.59 Å². The minimum absolute atomic E-state index is 0.0796. The number of nitrogens with zero attached hydrogens (tertiary/aromatic N) is 3. The van der Waals surface area contributed by atoms with E-state index in [1.165, 1.54) is 0 Å². The van der Waals surface area contributed by atoms with Gasteiger partial charge in [-0.2, -0.15) is 0 Å². The average molecular weight is 346 g/mol. The third-order valence-corrected chi connectivity index (χ3v) is 5.49. The lowest BCUT2D eigenvalue weighted by Crippen LogP contribution is -2.54. The molecule has 0 bridgehead atoms. The molecule has 2 aliphatic rings. The van der Waals surface area contributed by atoms with Crippen molar-refractivity contribution in [1.29, 1.82) is 0 Å². The summed E-state index contributed by atoms with van der Waals surface area (Å²) in [5.41, 5.74) is 6.76. The lowest BCUT2D eigenvalue weighted by Gasteiger charge is -2.47. The first-order chi connectivity index (χ1) is 12.0. The molecule has 0 aliphatic carbocycles. The van der Waals surface area contributed by atoms with Gasteiger partial charge in [-0.05, 0) is 36.3 Å². The zero-order chi connectivity index (χ0) is 17.9. The van der Waals surface area contributed by atoms with Gasteiger partial charge >= 0.3 is 0 Å². The van der Waals surface area contributed by atoms with E-state index >= 15 is 0 Å². The highest BCUT2D eigenvalue weighted by atomic mass is 16.3. The molecular formula is C18H26N4O3. The first kappa shape index (κ1) is 17.8. The molecule has 3 rings (SSSR count). The van der Waals surface area contributed by atoms with Crippen LogP contribution in [0.3, 0.4) is 0 Å². The summed E-state index contributed by atoms with van der Waals surface area (Å²) in [6, 6.07) is 3.04. The van der Waals surface area contributed by atoms with Gasteiger partial charge in [0.05, 0.1) is 6.61 Å². The van der Waals surface area contributed by atoms with Crippen molar-refractivity contribution in [2.45, 2.75) is 38.3 Å². The van der Waals surface area contributed by atoms with Crippen LogP contribution in [0.25, 0.3) is 0 Å². The van der Waals surface area contributed by atoms with E-state index in [4.69, 9.17) is 10.8 Å². The highest BCUT2D eigenvalue weighted by Crippen LogP contribution is 2.40. The predicted octanol–water partition coefficient (Wildman–Crippen LogP) is 0.132. The Kier molecular flexibility index (Phi) is 5.34. The minimum atomic E-state index is -0.830. The number of nitrogens with two attached hydrogens (primary N) is 1. The van der Waals surface area contributed by atoms with Crippen LogP contribution in [0.4, 0.5) is 0 Å². The average Bonchev–Trinajstić information content (AvgIpc) is 2.65. The molecule has 1 spiro atoms. The molecule has 7 nitrogen and oxygen atoms in total. The number of hydrogen-bond donors (Lipinski definition) is 2. The number of rotatable bonds is 4. The summed E-state index contributed by atoms with van der Waals surface area (Å²) in [6.45, 7) is 2.28. The zero-order valence-electron chi connectivity index (χ0n) is 14.4. The van der Waals surface area contributed by atoms with Crippen LogP contribution in [-0.2, 0) is 16.1 Å². The minimum Gasteiger partial charge on any atom is -0.394 e. The van der Waals surface area contributed by atoms with Crippen molar-refractivity contribution >= 4 is 11.8 Å². The molecule has 2 saturated heterocycles. The highest BCUT2D eigenvalue weighted by molar-refractivity contribution is 5.82. The molecule has 1 aromatic heterocycles. The van der Waals surface area contributed by atoms with E-state index in [0.29, 0.717) is 26.1 Å². The molecule has 7 heteroatoms. The van der Waals surface area contributed by atoms with E-state index in [0.717, 1.165) is 31.4 Å². The van der Waals surface area contributed by atoms with Crippen LogP contribution in [0.2, 0.25) is 0 Å². The van der Waals surface area contributed by atoms with Crippen LogP contribution in [0.5, 0.6) is 0 Å². The maximum absolute atomic E-state index is 12.3. The Balaban J connectivity index is 1.61. The van der Waals surface area contributed by atoms with Gasteiger partial charge < -0.3 is 20.6 Å². The molecule has 0 saturated carbocycles. The lowest BCUT2D eigenvalue weighted by molar-refractivity contribution is -0.143. The van der Waals surface area contributed by atoms with Crippen molar-refractivity contribution in [3.8, 4) is 0 Å². The number of carbonyl (C=O) groups is 2. The number of aromatic nitrogens is 1. The van der Waals surface area contributed by atoms with Crippen molar-refractivity contribution in [1.82, 2.24) is 14.8 Å². The predicted molar refractivity (Wildman–Crippen MR) is 92.2 cm³/mol. The number of carbonyl (C=O) groups excluding carboxylic acids is 2. The molecule has 2 fully saturated rings. The quantitative estimate of drug-likeness (QED) is 0.807. The second-order valence-electron chi connectivity index (χ2n) is 7.23. The molecule has 2 aliphatic heterocycles. The van der Waals surface area contributed by atoms with Crippen LogP contribution < -0.4 is 5.73 Å². The number of likely N-dealkylation sites (tertiary alicyclic amines) is 2. The first-order valence-electron chi connectivity index (χ1n) is 8.85. The van der Waals surface area contributed by atoms with Gasteiger partial charge in [-0.3, -0.25) is 14.6 Å². The van der Waals surface area contributed by atoms with Gasteiger partial charge in [-0.15, -0.1) is 0 Å². The summed E-state index contributed by atoms with van der Waals surface area (Å²) in [7, 11) is 0. The second-order valence-corrected chi connectivity index (χ2v) is 7.23. The summed E-state index contributed by atoms with van der Waals surface area (Å²) in [4.78, 5) is 32.2. The zero-order valence-corrected chi connectivity index (χ0v) is 14.4. The molecular weight excluding hydrogens is 320 g/mol. The first-order valence-corrected chi connectivity index (χ1v) is 8.85. The van der Waals surface area contributed by atoms with Crippen molar-refractivity contribution in [2.24, 2.45) is 11.1 Å². The summed E-state index contributed by atoms with van der Waals surface area (Å²) in [6.07, 6.45) is 6.70. The molecule has 2 amide bonds. The summed E-state index contributed by atoms with van der Waals surface area (Å²) in [5.74, 6) is 0.00624.